The largest absolute Gasteiger partial charge is 0.312 e. The van der Waals surface area contributed by atoms with Gasteiger partial charge in [-0.2, -0.15) is 17.0 Å². The van der Waals surface area contributed by atoms with Crippen molar-refractivity contribution in [1.82, 2.24) is 5.32 Å². The van der Waals surface area contributed by atoms with E-state index in [4.69, 9.17) is 5.26 Å². The number of nitriles is 1. The maximum atomic E-state index is 8.43. The standard InChI is InChI=1S/C8H16N2S/c1-3-8(4-5-9)10-6-7-11-2/h8,10H,3-4,6-7H2,1-2H3. The zero-order valence-corrected chi connectivity index (χ0v) is 8.08. The van der Waals surface area contributed by atoms with Gasteiger partial charge in [0.2, 0.25) is 0 Å². The molecule has 0 rings (SSSR count). The van der Waals surface area contributed by atoms with Crippen molar-refractivity contribution in [2.75, 3.05) is 18.6 Å². The summed E-state index contributed by atoms with van der Waals surface area (Å²) >= 11 is 1.83. The lowest BCUT2D eigenvalue weighted by Crippen LogP contribution is -2.29. The fourth-order valence-electron chi connectivity index (χ4n) is 0.836. The van der Waals surface area contributed by atoms with E-state index in [1.165, 1.54) is 0 Å². The zero-order valence-electron chi connectivity index (χ0n) is 7.26. The highest BCUT2D eigenvalue weighted by Crippen LogP contribution is 1.96. The molecule has 0 aliphatic carbocycles. The van der Waals surface area contributed by atoms with Crippen LogP contribution in [0.3, 0.4) is 0 Å². The molecule has 1 unspecified atom stereocenters. The Morgan fingerprint density at radius 2 is 2.36 bits per heavy atom. The normalized spacial score (nSPS) is 12.5. The minimum atomic E-state index is 0.396. The molecule has 0 aromatic heterocycles. The van der Waals surface area contributed by atoms with Crippen molar-refractivity contribution < 1.29 is 0 Å². The fourth-order valence-corrected chi connectivity index (χ4v) is 1.16. The lowest BCUT2D eigenvalue weighted by atomic mass is 10.2. The van der Waals surface area contributed by atoms with E-state index in [9.17, 15) is 0 Å². The molecule has 0 fully saturated rings. The van der Waals surface area contributed by atoms with E-state index in [1.807, 2.05) is 11.8 Å². The smallest absolute Gasteiger partial charge is 0.0638 e. The summed E-state index contributed by atoms with van der Waals surface area (Å²) < 4.78 is 0. The molecule has 0 amide bonds. The predicted molar refractivity (Wildman–Crippen MR) is 50.7 cm³/mol. The van der Waals surface area contributed by atoms with Crippen molar-refractivity contribution in [1.29, 1.82) is 5.26 Å². The van der Waals surface area contributed by atoms with Gasteiger partial charge in [-0.3, -0.25) is 0 Å². The van der Waals surface area contributed by atoms with Crippen LogP contribution in [0.2, 0.25) is 0 Å². The average Bonchev–Trinajstić information content (AvgIpc) is 2.03. The molecular formula is C8H16N2S. The van der Waals surface area contributed by atoms with Crippen LogP contribution in [-0.2, 0) is 0 Å². The highest BCUT2D eigenvalue weighted by molar-refractivity contribution is 7.98. The van der Waals surface area contributed by atoms with Crippen LogP contribution < -0.4 is 5.32 Å². The van der Waals surface area contributed by atoms with Gasteiger partial charge in [0.25, 0.3) is 0 Å². The third kappa shape index (κ3) is 6.21. The predicted octanol–water partition coefficient (Wildman–Crippen LogP) is 1.63. The number of hydrogen-bond donors (Lipinski definition) is 1. The van der Waals surface area contributed by atoms with E-state index in [2.05, 4.69) is 24.6 Å². The fraction of sp³-hybridized carbons (Fsp3) is 0.875. The van der Waals surface area contributed by atoms with Gasteiger partial charge in [-0.05, 0) is 12.7 Å². The topological polar surface area (TPSA) is 35.8 Å². The maximum absolute atomic E-state index is 8.43. The van der Waals surface area contributed by atoms with Gasteiger partial charge < -0.3 is 5.32 Å². The second-order valence-corrected chi connectivity index (χ2v) is 3.40. The van der Waals surface area contributed by atoms with Gasteiger partial charge >= 0.3 is 0 Å². The molecule has 2 nitrogen and oxygen atoms in total. The summed E-state index contributed by atoms with van der Waals surface area (Å²) in [4.78, 5) is 0. The molecule has 0 aromatic rings. The summed E-state index contributed by atoms with van der Waals surface area (Å²) in [5, 5.41) is 11.8. The molecule has 11 heavy (non-hydrogen) atoms. The van der Waals surface area contributed by atoms with Crippen molar-refractivity contribution in [3.8, 4) is 6.07 Å². The Labute approximate surface area is 73.4 Å². The Balaban J connectivity index is 3.30. The Hall–Kier alpha value is -0.200. The second kappa shape index (κ2) is 7.90. The van der Waals surface area contributed by atoms with Crippen LogP contribution in [0.4, 0.5) is 0 Å². The minimum absolute atomic E-state index is 0.396. The highest BCUT2D eigenvalue weighted by Gasteiger charge is 2.02. The quantitative estimate of drug-likeness (QED) is 0.619. The van der Waals surface area contributed by atoms with E-state index in [1.54, 1.807) is 0 Å². The molecule has 0 heterocycles. The van der Waals surface area contributed by atoms with Crippen LogP contribution in [0, 0.1) is 11.3 Å². The van der Waals surface area contributed by atoms with Crippen molar-refractivity contribution in [2.24, 2.45) is 0 Å². The van der Waals surface area contributed by atoms with Crippen LogP contribution in [-0.4, -0.2) is 24.6 Å². The van der Waals surface area contributed by atoms with Crippen molar-refractivity contribution in [3.05, 3.63) is 0 Å². The van der Waals surface area contributed by atoms with E-state index in [0.717, 1.165) is 18.7 Å². The Bertz CT molecular complexity index is 120. The third-order valence-corrected chi connectivity index (χ3v) is 2.18. The zero-order chi connectivity index (χ0) is 8.53. The maximum Gasteiger partial charge on any atom is 0.0638 e. The molecule has 0 saturated carbocycles. The van der Waals surface area contributed by atoms with Crippen LogP contribution >= 0.6 is 11.8 Å². The second-order valence-electron chi connectivity index (χ2n) is 2.41. The Morgan fingerprint density at radius 3 is 2.82 bits per heavy atom. The van der Waals surface area contributed by atoms with Crippen LogP contribution in [0.25, 0.3) is 0 Å². The monoisotopic (exact) mass is 172 g/mol. The van der Waals surface area contributed by atoms with Gasteiger partial charge in [0.15, 0.2) is 0 Å². The number of nitrogens with one attached hydrogen (secondary N) is 1. The number of thioether (sulfide) groups is 1. The average molecular weight is 172 g/mol. The summed E-state index contributed by atoms with van der Waals surface area (Å²) in [7, 11) is 0. The molecule has 0 radical (unpaired) electrons. The van der Waals surface area contributed by atoms with Gasteiger partial charge in [-0.1, -0.05) is 6.92 Å². The molecule has 0 bridgehead atoms. The van der Waals surface area contributed by atoms with E-state index in [-0.39, 0.29) is 0 Å². The first kappa shape index (κ1) is 10.8. The van der Waals surface area contributed by atoms with Gasteiger partial charge in [0.1, 0.15) is 0 Å². The van der Waals surface area contributed by atoms with Gasteiger partial charge in [0, 0.05) is 18.3 Å². The molecule has 0 aliphatic heterocycles. The first-order valence-electron chi connectivity index (χ1n) is 3.94. The summed E-state index contributed by atoms with van der Waals surface area (Å²) in [6.07, 6.45) is 3.76. The van der Waals surface area contributed by atoms with Gasteiger partial charge in [-0.25, -0.2) is 0 Å². The number of hydrogen-bond acceptors (Lipinski definition) is 3. The van der Waals surface area contributed by atoms with Crippen molar-refractivity contribution in [3.63, 3.8) is 0 Å². The lowest BCUT2D eigenvalue weighted by Gasteiger charge is -2.11. The van der Waals surface area contributed by atoms with Gasteiger partial charge in [-0.15, -0.1) is 0 Å². The molecule has 0 saturated heterocycles. The molecule has 0 aromatic carbocycles. The van der Waals surface area contributed by atoms with Crippen LogP contribution in [0.1, 0.15) is 19.8 Å². The summed E-state index contributed by atoms with van der Waals surface area (Å²) in [6.45, 7) is 3.12. The molecule has 0 spiro atoms. The summed E-state index contributed by atoms with van der Waals surface area (Å²) in [5.74, 6) is 1.13. The first-order valence-corrected chi connectivity index (χ1v) is 5.33. The van der Waals surface area contributed by atoms with Crippen LogP contribution in [0.5, 0.6) is 0 Å². The third-order valence-electron chi connectivity index (χ3n) is 1.57. The molecule has 1 atom stereocenters. The Morgan fingerprint density at radius 1 is 1.64 bits per heavy atom. The van der Waals surface area contributed by atoms with Crippen molar-refractivity contribution >= 4 is 11.8 Å². The number of nitrogens with zero attached hydrogens (tertiary/aromatic N) is 1. The molecular weight excluding hydrogens is 156 g/mol. The van der Waals surface area contributed by atoms with E-state index in [0.29, 0.717) is 12.5 Å². The lowest BCUT2D eigenvalue weighted by molar-refractivity contribution is 0.524. The highest BCUT2D eigenvalue weighted by atomic mass is 32.2. The summed E-state index contributed by atoms with van der Waals surface area (Å²) in [5.41, 5.74) is 0. The first-order chi connectivity index (χ1) is 5.35. The Kier molecular flexibility index (Phi) is 7.76. The summed E-state index contributed by atoms with van der Waals surface area (Å²) in [6, 6.07) is 2.57. The van der Waals surface area contributed by atoms with E-state index >= 15 is 0 Å². The van der Waals surface area contributed by atoms with Crippen LogP contribution in [0.15, 0.2) is 0 Å². The minimum Gasteiger partial charge on any atom is -0.312 e. The molecule has 3 heteroatoms. The molecule has 64 valence electrons. The molecule has 1 N–H and O–H groups in total. The SMILES string of the molecule is CCC(CC#N)NCCSC. The molecule has 0 aliphatic rings. The number of rotatable bonds is 6. The van der Waals surface area contributed by atoms with Gasteiger partial charge in [0.05, 0.1) is 12.5 Å². The van der Waals surface area contributed by atoms with Crippen molar-refractivity contribution in [2.45, 2.75) is 25.8 Å². The van der Waals surface area contributed by atoms with E-state index < -0.39 is 0 Å².